The second kappa shape index (κ2) is 10.9. The van der Waals surface area contributed by atoms with Crippen molar-refractivity contribution in [3.8, 4) is 16.3 Å². The normalized spacial score (nSPS) is 11.1. The summed E-state index contributed by atoms with van der Waals surface area (Å²) in [7, 11) is 1.85. The number of thioether (sulfide) groups is 1. The lowest BCUT2D eigenvalue weighted by atomic mass is 10.2. The van der Waals surface area contributed by atoms with Gasteiger partial charge in [0.2, 0.25) is 5.91 Å². The lowest BCUT2D eigenvalue weighted by Crippen LogP contribution is -2.14. The highest BCUT2D eigenvalue weighted by atomic mass is 35.5. The molecule has 0 atom stereocenters. The zero-order chi connectivity index (χ0) is 25.9. The van der Waals surface area contributed by atoms with Gasteiger partial charge in [-0.25, -0.2) is 4.98 Å². The molecule has 37 heavy (non-hydrogen) atoms. The van der Waals surface area contributed by atoms with Gasteiger partial charge in [-0.3, -0.25) is 4.79 Å². The molecule has 0 fully saturated rings. The molecule has 0 aliphatic heterocycles. The molecule has 0 saturated heterocycles. The number of hydrogen-bond acceptors (Lipinski definition) is 7. The number of nitrogens with one attached hydrogen (secondary N) is 1. The molecule has 1 N–H and O–H groups in total. The number of carbonyl (C=O) groups is 1. The van der Waals surface area contributed by atoms with Crippen molar-refractivity contribution in [3.05, 3.63) is 82.6 Å². The molecule has 0 aliphatic carbocycles. The van der Waals surface area contributed by atoms with Crippen molar-refractivity contribution in [1.82, 2.24) is 19.7 Å². The molecule has 188 valence electrons. The first-order valence-corrected chi connectivity index (χ1v) is 13.7. The fourth-order valence-electron chi connectivity index (χ4n) is 3.64. The van der Waals surface area contributed by atoms with E-state index in [9.17, 15) is 4.79 Å². The van der Waals surface area contributed by atoms with E-state index < -0.39 is 0 Å². The maximum Gasteiger partial charge on any atom is 0.234 e. The van der Waals surface area contributed by atoms with Gasteiger partial charge in [-0.15, -0.1) is 21.5 Å². The number of benzene rings is 3. The number of aromatic nitrogens is 4. The number of ether oxygens (including phenoxy) is 1. The number of halogens is 1. The number of aryl methyl sites for hydroxylation is 2. The largest absolute Gasteiger partial charge is 0.484 e. The fourth-order valence-corrected chi connectivity index (χ4v) is 5.61. The van der Waals surface area contributed by atoms with Gasteiger partial charge in [-0.2, -0.15) is 0 Å². The molecule has 2 aromatic heterocycles. The van der Waals surface area contributed by atoms with Gasteiger partial charge in [0.05, 0.1) is 21.0 Å². The van der Waals surface area contributed by atoms with Gasteiger partial charge in [0.15, 0.2) is 11.0 Å². The predicted molar refractivity (Wildman–Crippen MR) is 151 cm³/mol. The van der Waals surface area contributed by atoms with Crippen LogP contribution in [0.5, 0.6) is 5.75 Å². The Balaban J connectivity index is 1.15. The summed E-state index contributed by atoms with van der Waals surface area (Å²) in [6.07, 6.45) is 0. The van der Waals surface area contributed by atoms with Crippen LogP contribution < -0.4 is 10.1 Å². The fraction of sp³-hybridized carbons (Fsp3) is 0.185. The standard InChI is InChI=1S/C27H24ClN5O2S2/c1-16-4-10-20(28)22(12-16)35-14-24-31-32-27(33(24)3)36-15-25(34)29-19-8-6-18(7-9-19)26-30-21-11-5-17(2)13-23(21)37-26/h4-13H,14-15H2,1-3H3,(H,29,34). The molecule has 0 saturated carbocycles. The molecule has 5 aromatic rings. The Morgan fingerprint density at radius 3 is 2.62 bits per heavy atom. The number of rotatable bonds is 8. The van der Waals surface area contributed by atoms with Crippen molar-refractivity contribution >= 4 is 56.5 Å². The van der Waals surface area contributed by atoms with E-state index in [0.29, 0.717) is 21.8 Å². The summed E-state index contributed by atoms with van der Waals surface area (Å²) < 4.78 is 8.80. The minimum Gasteiger partial charge on any atom is -0.484 e. The molecule has 1 amide bonds. The van der Waals surface area contributed by atoms with Crippen molar-refractivity contribution in [2.45, 2.75) is 25.6 Å². The summed E-state index contributed by atoms with van der Waals surface area (Å²) in [6.45, 7) is 4.28. The lowest BCUT2D eigenvalue weighted by molar-refractivity contribution is -0.113. The lowest BCUT2D eigenvalue weighted by Gasteiger charge is -2.09. The summed E-state index contributed by atoms with van der Waals surface area (Å²) in [4.78, 5) is 17.3. The molecule has 0 aliphatic rings. The minimum absolute atomic E-state index is 0.124. The van der Waals surface area contributed by atoms with E-state index in [-0.39, 0.29) is 18.3 Å². The first-order valence-electron chi connectivity index (χ1n) is 11.5. The third-order valence-corrected chi connectivity index (χ3v) is 8.06. The quantitative estimate of drug-likeness (QED) is 0.218. The number of anilines is 1. The van der Waals surface area contributed by atoms with E-state index in [4.69, 9.17) is 21.3 Å². The number of thiazole rings is 1. The summed E-state index contributed by atoms with van der Waals surface area (Å²) in [5.74, 6) is 1.32. The van der Waals surface area contributed by atoms with Crippen LogP contribution in [0.2, 0.25) is 5.02 Å². The van der Waals surface area contributed by atoms with Crippen LogP contribution in [0.4, 0.5) is 5.69 Å². The van der Waals surface area contributed by atoms with Gasteiger partial charge in [-0.05, 0) is 73.5 Å². The third-order valence-electron chi connectivity index (χ3n) is 5.66. The average Bonchev–Trinajstić information content (AvgIpc) is 3.46. The molecule has 0 spiro atoms. The van der Waals surface area contributed by atoms with E-state index >= 15 is 0 Å². The second-order valence-electron chi connectivity index (χ2n) is 8.58. The molecule has 2 heterocycles. The van der Waals surface area contributed by atoms with Gasteiger partial charge >= 0.3 is 0 Å². The highest BCUT2D eigenvalue weighted by Gasteiger charge is 2.13. The van der Waals surface area contributed by atoms with E-state index in [1.54, 1.807) is 17.4 Å². The van der Waals surface area contributed by atoms with Gasteiger partial charge in [-0.1, -0.05) is 35.5 Å². The monoisotopic (exact) mass is 549 g/mol. The van der Waals surface area contributed by atoms with Crippen LogP contribution in [0.25, 0.3) is 20.8 Å². The van der Waals surface area contributed by atoms with Gasteiger partial charge in [0.1, 0.15) is 17.4 Å². The van der Waals surface area contributed by atoms with Gasteiger partial charge in [0, 0.05) is 18.3 Å². The van der Waals surface area contributed by atoms with Crippen LogP contribution in [0.15, 0.2) is 65.8 Å². The summed E-state index contributed by atoms with van der Waals surface area (Å²) in [5, 5.41) is 13.5. The Bertz CT molecular complexity index is 1580. The van der Waals surface area contributed by atoms with Crippen molar-refractivity contribution in [2.75, 3.05) is 11.1 Å². The number of carbonyl (C=O) groups excluding carboxylic acids is 1. The minimum atomic E-state index is -0.124. The Labute approximate surface area is 227 Å². The third kappa shape index (κ3) is 5.95. The molecular formula is C27H24ClN5O2S2. The Morgan fingerprint density at radius 2 is 1.81 bits per heavy atom. The van der Waals surface area contributed by atoms with Crippen LogP contribution in [0, 0.1) is 13.8 Å². The van der Waals surface area contributed by atoms with Crippen LogP contribution in [-0.2, 0) is 18.4 Å². The summed E-state index contributed by atoms with van der Waals surface area (Å²) in [5.41, 5.74) is 5.02. The van der Waals surface area contributed by atoms with Crippen LogP contribution in [0.1, 0.15) is 17.0 Å². The molecule has 0 radical (unpaired) electrons. The van der Waals surface area contributed by atoms with E-state index in [0.717, 1.165) is 27.3 Å². The highest BCUT2D eigenvalue weighted by Crippen LogP contribution is 2.31. The zero-order valence-electron chi connectivity index (χ0n) is 20.5. The predicted octanol–water partition coefficient (Wildman–Crippen LogP) is 6.67. The SMILES string of the molecule is Cc1ccc(Cl)c(OCc2nnc(SCC(=O)Nc3ccc(-c4nc5ccc(C)cc5s4)cc3)n2C)c1. The van der Waals surface area contributed by atoms with E-state index in [1.165, 1.54) is 22.0 Å². The number of nitrogens with zero attached hydrogens (tertiary/aromatic N) is 4. The Hall–Kier alpha value is -3.40. The highest BCUT2D eigenvalue weighted by molar-refractivity contribution is 7.99. The first-order chi connectivity index (χ1) is 17.9. The van der Waals surface area contributed by atoms with Crippen LogP contribution >= 0.6 is 34.7 Å². The van der Waals surface area contributed by atoms with Crippen LogP contribution in [-0.4, -0.2) is 31.4 Å². The van der Waals surface area contributed by atoms with Crippen molar-refractivity contribution in [1.29, 1.82) is 0 Å². The Kier molecular flexibility index (Phi) is 7.45. The maximum atomic E-state index is 12.5. The molecule has 10 heteroatoms. The molecular weight excluding hydrogens is 526 g/mol. The summed E-state index contributed by atoms with van der Waals surface area (Å²) in [6, 6.07) is 19.6. The molecule has 0 bridgehead atoms. The number of amides is 1. The van der Waals surface area contributed by atoms with Gasteiger partial charge in [0.25, 0.3) is 0 Å². The summed E-state index contributed by atoms with van der Waals surface area (Å²) >= 11 is 9.18. The van der Waals surface area contributed by atoms with Gasteiger partial charge < -0.3 is 14.6 Å². The van der Waals surface area contributed by atoms with Crippen molar-refractivity contribution in [3.63, 3.8) is 0 Å². The van der Waals surface area contributed by atoms with E-state index in [2.05, 4.69) is 34.6 Å². The van der Waals surface area contributed by atoms with Crippen molar-refractivity contribution < 1.29 is 9.53 Å². The topological polar surface area (TPSA) is 81.9 Å². The average molecular weight is 550 g/mol. The van der Waals surface area contributed by atoms with Crippen molar-refractivity contribution in [2.24, 2.45) is 7.05 Å². The smallest absolute Gasteiger partial charge is 0.234 e. The number of fused-ring (bicyclic) bond motifs is 1. The second-order valence-corrected chi connectivity index (χ2v) is 11.0. The Morgan fingerprint density at radius 1 is 1.05 bits per heavy atom. The molecule has 3 aromatic carbocycles. The molecule has 5 rings (SSSR count). The van der Waals surface area contributed by atoms with Crippen LogP contribution in [0.3, 0.4) is 0 Å². The first kappa shape index (κ1) is 25.3. The van der Waals surface area contributed by atoms with E-state index in [1.807, 2.05) is 61.0 Å². The zero-order valence-corrected chi connectivity index (χ0v) is 22.9. The maximum absolute atomic E-state index is 12.5. The number of hydrogen-bond donors (Lipinski definition) is 1. The molecule has 0 unspecified atom stereocenters. The molecule has 7 nitrogen and oxygen atoms in total.